The summed E-state index contributed by atoms with van der Waals surface area (Å²) in [6, 6.07) is 6.57. The highest BCUT2D eigenvalue weighted by molar-refractivity contribution is 6.04. The minimum absolute atomic E-state index is 0.00941. The first-order valence-corrected chi connectivity index (χ1v) is 22.6. The maximum absolute atomic E-state index is 17.3. The molecular weight excluding hydrogens is 779 g/mol. The number of ether oxygens (including phenoxy) is 3. The molecule has 2 aromatic carbocycles. The molecule has 1 saturated carbocycles. The molecule has 3 unspecified atom stereocenters. The molecule has 2 aromatic heterocycles. The lowest BCUT2D eigenvalue weighted by atomic mass is 9.70. The van der Waals surface area contributed by atoms with Crippen LogP contribution in [0.1, 0.15) is 104 Å². The number of hydrogen-bond donors (Lipinski definition) is 2. The van der Waals surface area contributed by atoms with Gasteiger partial charge in [-0.3, -0.25) is 9.80 Å². The molecule has 1 aliphatic carbocycles. The lowest BCUT2D eigenvalue weighted by molar-refractivity contribution is -0.140. The Morgan fingerprint density at radius 1 is 0.902 bits per heavy atom. The van der Waals surface area contributed by atoms with Crippen molar-refractivity contribution in [2.75, 3.05) is 65.1 Å². The molecule has 330 valence electrons. The molecule has 4 aliphatic heterocycles. The molecule has 9 rings (SSSR count). The van der Waals surface area contributed by atoms with Crippen molar-refractivity contribution in [3.63, 3.8) is 0 Å². The van der Waals surface area contributed by atoms with E-state index in [0.29, 0.717) is 54.7 Å². The molecule has 2 bridgehead atoms. The second-order valence-electron chi connectivity index (χ2n) is 17.2. The molecule has 13 heteroatoms. The number of terminal acetylenes is 1. The predicted molar refractivity (Wildman–Crippen MR) is 236 cm³/mol. The number of aromatic hydroxyl groups is 1. The first kappa shape index (κ1) is 44.7. The number of anilines is 1. The minimum Gasteiger partial charge on any atom is -0.508 e. The molecule has 1 spiro atoms. The molecule has 0 amide bonds. The number of nitrogens with zero attached hydrogens (tertiary/aromatic N) is 6. The summed E-state index contributed by atoms with van der Waals surface area (Å²) in [4.78, 5) is 21.5. The minimum atomic E-state index is -0.826. The van der Waals surface area contributed by atoms with Crippen LogP contribution in [0, 0.1) is 29.4 Å². The quantitative estimate of drug-likeness (QED) is 0.175. The van der Waals surface area contributed by atoms with Gasteiger partial charge in [0.1, 0.15) is 40.6 Å². The standard InChI is InChI=1S/C44H52F2N6O5.2C2H6/c1-4-32-34(45)11-10-27-20-31(54)21-33(35(27)32)38-37(46)39-36(41(47-38)55-3)40(51-18-6-9-30(53)23-51)49-42(48-39)57-26-44-14-5-8-29(22-50(44)2)52(19-7-15-44)28-12-16-43(17-13-28)24-56-25-43;2*1-2/h1,10-11,20-21,28-30,53-54H,5-9,12-19,22-26H2,2-3H3;2*1-2H3. The van der Waals surface area contributed by atoms with Gasteiger partial charge in [-0.25, -0.2) is 13.8 Å². The van der Waals surface area contributed by atoms with Crippen LogP contribution in [0.2, 0.25) is 0 Å². The first-order chi connectivity index (χ1) is 29.6. The topological polar surface area (TPSA) is 117 Å². The fourth-order valence-corrected chi connectivity index (χ4v) is 10.6. The van der Waals surface area contributed by atoms with Crippen LogP contribution in [0.3, 0.4) is 0 Å². The van der Waals surface area contributed by atoms with Crippen molar-refractivity contribution < 1.29 is 33.2 Å². The van der Waals surface area contributed by atoms with Gasteiger partial charge >= 0.3 is 6.01 Å². The van der Waals surface area contributed by atoms with E-state index < -0.39 is 17.7 Å². The molecule has 4 saturated heterocycles. The van der Waals surface area contributed by atoms with E-state index in [1.807, 2.05) is 32.6 Å². The van der Waals surface area contributed by atoms with E-state index in [4.69, 9.17) is 30.6 Å². The van der Waals surface area contributed by atoms with Gasteiger partial charge in [0, 0.05) is 48.1 Å². The van der Waals surface area contributed by atoms with Gasteiger partial charge in [0.25, 0.3) is 0 Å². The van der Waals surface area contributed by atoms with Crippen molar-refractivity contribution in [3.05, 3.63) is 41.5 Å². The first-order valence-electron chi connectivity index (χ1n) is 22.6. The van der Waals surface area contributed by atoms with Gasteiger partial charge < -0.3 is 29.3 Å². The van der Waals surface area contributed by atoms with E-state index in [-0.39, 0.29) is 62.8 Å². The third kappa shape index (κ3) is 8.58. The maximum Gasteiger partial charge on any atom is 0.319 e. The molecule has 2 N–H and O–H groups in total. The summed E-state index contributed by atoms with van der Waals surface area (Å²) in [6.07, 6.45) is 16.7. The van der Waals surface area contributed by atoms with Gasteiger partial charge in [0.15, 0.2) is 5.82 Å². The predicted octanol–water partition coefficient (Wildman–Crippen LogP) is 8.49. The molecule has 6 heterocycles. The van der Waals surface area contributed by atoms with E-state index in [2.05, 4.69) is 27.8 Å². The number of fused-ring (bicyclic) bond motifs is 5. The van der Waals surface area contributed by atoms with Crippen molar-refractivity contribution in [2.24, 2.45) is 5.41 Å². The van der Waals surface area contributed by atoms with Crippen molar-refractivity contribution in [3.8, 4) is 41.2 Å². The Morgan fingerprint density at radius 3 is 2.34 bits per heavy atom. The lowest BCUT2D eigenvalue weighted by Gasteiger charge is -2.51. The molecule has 61 heavy (non-hydrogen) atoms. The smallest absolute Gasteiger partial charge is 0.319 e. The highest BCUT2D eigenvalue weighted by Gasteiger charge is 2.46. The van der Waals surface area contributed by atoms with Crippen LogP contribution in [-0.4, -0.2) is 119 Å². The van der Waals surface area contributed by atoms with Gasteiger partial charge in [-0.15, -0.1) is 6.42 Å². The summed E-state index contributed by atoms with van der Waals surface area (Å²) in [6.45, 7) is 13.0. The monoisotopic (exact) mass is 842 g/mol. The number of aliphatic hydroxyl groups is 1. The van der Waals surface area contributed by atoms with Crippen LogP contribution in [0.4, 0.5) is 14.6 Å². The Kier molecular flexibility index (Phi) is 13.9. The third-order valence-corrected chi connectivity index (χ3v) is 13.8. The second-order valence-corrected chi connectivity index (χ2v) is 17.2. The van der Waals surface area contributed by atoms with Gasteiger partial charge in [-0.1, -0.05) is 39.7 Å². The number of aliphatic hydroxyl groups excluding tert-OH is 1. The molecule has 0 radical (unpaired) electrons. The number of piperidine rings is 1. The van der Waals surface area contributed by atoms with Crippen LogP contribution in [0.25, 0.3) is 32.9 Å². The molecule has 3 atom stereocenters. The number of halogens is 2. The summed E-state index contributed by atoms with van der Waals surface area (Å²) < 4.78 is 50.4. The van der Waals surface area contributed by atoms with Crippen LogP contribution in [0.5, 0.6) is 17.6 Å². The fourth-order valence-electron chi connectivity index (χ4n) is 10.6. The number of methoxy groups -OCH3 is 1. The van der Waals surface area contributed by atoms with E-state index >= 15 is 8.78 Å². The van der Waals surface area contributed by atoms with Crippen LogP contribution in [-0.2, 0) is 4.74 Å². The molecular formula is C48H64F2N6O5. The summed E-state index contributed by atoms with van der Waals surface area (Å²) >= 11 is 0. The van der Waals surface area contributed by atoms with Gasteiger partial charge in [0.2, 0.25) is 5.88 Å². The average Bonchev–Trinajstić information content (AvgIpc) is 3.36. The van der Waals surface area contributed by atoms with Gasteiger partial charge in [0.05, 0.1) is 37.5 Å². The Hall–Kier alpha value is -4.35. The number of rotatable bonds is 7. The largest absolute Gasteiger partial charge is 0.508 e. The number of β-amino-alcohol motifs (C(OH)–C–C–N with tert-alkyl or cyclic N) is 1. The Morgan fingerprint density at radius 2 is 1.66 bits per heavy atom. The molecule has 5 aliphatic rings. The van der Waals surface area contributed by atoms with Crippen molar-refractivity contribution in [1.82, 2.24) is 24.8 Å². The Balaban J connectivity index is 0.00000136. The number of benzene rings is 2. The number of phenols is 1. The lowest BCUT2D eigenvalue weighted by Crippen LogP contribution is -2.58. The average molecular weight is 843 g/mol. The number of hydrogen-bond acceptors (Lipinski definition) is 11. The highest BCUT2D eigenvalue weighted by atomic mass is 19.1. The zero-order chi connectivity index (χ0) is 43.5. The summed E-state index contributed by atoms with van der Waals surface area (Å²) in [5, 5.41) is 22.3. The van der Waals surface area contributed by atoms with Crippen LogP contribution < -0.4 is 14.4 Å². The maximum atomic E-state index is 17.3. The van der Waals surface area contributed by atoms with Crippen molar-refractivity contribution in [2.45, 2.75) is 122 Å². The molecule has 5 fully saturated rings. The molecule has 11 nitrogen and oxygen atoms in total. The number of phenolic OH excluding ortho intramolecular Hbond substituents is 1. The Labute approximate surface area is 359 Å². The number of likely N-dealkylation sites (N-methyl/N-ethyl adjacent to an activating group) is 1. The number of aromatic nitrogens is 3. The van der Waals surface area contributed by atoms with Gasteiger partial charge in [-0.2, -0.15) is 9.97 Å². The second kappa shape index (κ2) is 19.0. The van der Waals surface area contributed by atoms with Crippen molar-refractivity contribution >= 4 is 27.5 Å². The normalized spacial score (nSPS) is 24.4. The van der Waals surface area contributed by atoms with E-state index in [1.54, 1.807) is 0 Å². The van der Waals surface area contributed by atoms with E-state index in [0.717, 1.165) is 58.4 Å². The highest BCUT2D eigenvalue weighted by Crippen LogP contribution is 2.46. The van der Waals surface area contributed by atoms with Crippen molar-refractivity contribution in [1.29, 1.82) is 0 Å². The van der Waals surface area contributed by atoms with E-state index in [9.17, 15) is 10.2 Å². The van der Waals surface area contributed by atoms with Crippen LogP contribution in [0.15, 0.2) is 24.3 Å². The zero-order valence-electron chi connectivity index (χ0n) is 36.9. The SMILES string of the molecule is C#Cc1c(F)ccc2cc(O)cc(-c3nc(OC)c4c(N5CCCC(O)C5)nc(OCC56CCCC(CN5C)N(C5CCC7(CC5)COC7)CCC6)nc4c3F)c12.CC.CC. The fraction of sp³-hybridized carbons (Fsp3) is 0.604. The summed E-state index contributed by atoms with van der Waals surface area (Å²) in [5.74, 6) is 1.12. The third-order valence-electron chi connectivity index (χ3n) is 13.8. The van der Waals surface area contributed by atoms with Gasteiger partial charge in [-0.05, 0) is 108 Å². The summed E-state index contributed by atoms with van der Waals surface area (Å²) in [5.41, 5.74) is -0.132. The zero-order valence-corrected chi connectivity index (χ0v) is 36.9. The summed E-state index contributed by atoms with van der Waals surface area (Å²) in [7, 11) is 3.64. The van der Waals surface area contributed by atoms with E-state index in [1.165, 1.54) is 57.1 Å². The Bertz CT molecular complexity index is 2220. The van der Waals surface area contributed by atoms with Crippen LogP contribution >= 0.6 is 0 Å². The number of pyridine rings is 1. The molecule has 4 aromatic rings.